The molecule has 2 aromatic heterocycles. The van der Waals surface area contributed by atoms with Crippen molar-refractivity contribution in [2.75, 3.05) is 20.8 Å². The first-order valence-electron chi connectivity index (χ1n) is 11.1. The van der Waals surface area contributed by atoms with Crippen LogP contribution in [0.5, 0.6) is 11.5 Å². The molecule has 4 rings (SSSR count). The summed E-state index contributed by atoms with van der Waals surface area (Å²) < 4.78 is 12.5. The van der Waals surface area contributed by atoms with E-state index in [1.54, 1.807) is 36.5 Å². The molecule has 0 radical (unpaired) electrons. The third-order valence-corrected chi connectivity index (χ3v) is 7.25. The van der Waals surface area contributed by atoms with Gasteiger partial charge in [0.2, 0.25) is 0 Å². The number of nitrogens with zero attached hydrogens (tertiary/aromatic N) is 2. The van der Waals surface area contributed by atoms with Crippen molar-refractivity contribution in [3.63, 3.8) is 0 Å². The first kappa shape index (κ1) is 21.8. The summed E-state index contributed by atoms with van der Waals surface area (Å²) in [4.78, 5) is 19.8. The van der Waals surface area contributed by atoms with Crippen molar-refractivity contribution in [1.29, 1.82) is 0 Å². The van der Waals surface area contributed by atoms with Gasteiger partial charge in [-0.05, 0) is 61.9 Å². The van der Waals surface area contributed by atoms with Gasteiger partial charge in [0.25, 0.3) is 5.56 Å². The van der Waals surface area contributed by atoms with E-state index in [1.165, 1.54) is 16.0 Å². The molecule has 0 fully saturated rings. The summed E-state index contributed by atoms with van der Waals surface area (Å²) in [5, 5.41) is 4.57. The minimum absolute atomic E-state index is 0.135. The number of thiophene rings is 1. The van der Waals surface area contributed by atoms with Gasteiger partial charge in [0.1, 0.15) is 4.83 Å². The summed E-state index contributed by atoms with van der Waals surface area (Å²) in [5.41, 5.74) is 2.59. The minimum atomic E-state index is 0.135. The number of unbranched alkanes of at least 4 members (excludes halogenated alkanes) is 1. The highest BCUT2D eigenvalue weighted by molar-refractivity contribution is 7.18. The van der Waals surface area contributed by atoms with E-state index in [1.807, 2.05) is 12.1 Å². The van der Waals surface area contributed by atoms with Crippen molar-refractivity contribution in [1.82, 2.24) is 14.9 Å². The second kappa shape index (κ2) is 9.83. The fourth-order valence-corrected chi connectivity index (χ4v) is 5.58. The molecule has 1 atom stereocenters. The van der Waals surface area contributed by atoms with E-state index in [0.29, 0.717) is 6.04 Å². The maximum absolute atomic E-state index is 13.0. The van der Waals surface area contributed by atoms with Gasteiger partial charge in [-0.15, -0.1) is 11.3 Å². The lowest BCUT2D eigenvalue weighted by atomic mass is 9.93. The Morgan fingerprint density at radius 2 is 2.10 bits per heavy atom. The standard InChI is InChI=1S/C24H31N3O3S/c1-4-5-12-27-15-26-23-22(24(27)28)18-8-7-17(14-21(18)31-23)25-11-10-16-6-9-19(29-2)20(13-16)30-3/h6,9,13,15,17,25H,4-5,7-8,10-12,14H2,1-3H3. The summed E-state index contributed by atoms with van der Waals surface area (Å²) in [6, 6.07) is 6.52. The number of nitrogens with one attached hydrogen (secondary N) is 1. The quantitative estimate of drug-likeness (QED) is 0.544. The Morgan fingerprint density at radius 3 is 2.87 bits per heavy atom. The van der Waals surface area contributed by atoms with Crippen molar-refractivity contribution >= 4 is 21.6 Å². The molecule has 0 saturated heterocycles. The van der Waals surface area contributed by atoms with Crippen molar-refractivity contribution in [3.05, 3.63) is 50.9 Å². The predicted octanol–water partition coefficient (Wildman–Crippen LogP) is 3.96. The van der Waals surface area contributed by atoms with Crippen LogP contribution in [0.1, 0.15) is 42.2 Å². The van der Waals surface area contributed by atoms with Gasteiger partial charge in [0, 0.05) is 17.5 Å². The van der Waals surface area contributed by atoms with Gasteiger partial charge in [0.05, 0.1) is 25.9 Å². The number of hydrogen-bond donors (Lipinski definition) is 1. The van der Waals surface area contributed by atoms with E-state index >= 15 is 0 Å². The number of rotatable bonds is 9. The normalized spacial score (nSPS) is 15.8. The van der Waals surface area contributed by atoms with Crippen LogP contribution in [0.4, 0.5) is 0 Å². The van der Waals surface area contributed by atoms with E-state index in [4.69, 9.17) is 9.47 Å². The average molecular weight is 442 g/mol. The SMILES string of the molecule is CCCCn1cnc2sc3c(c2c1=O)CCC(NCCc1ccc(OC)c(OC)c1)C3. The highest BCUT2D eigenvalue weighted by Gasteiger charge is 2.25. The fourth-order valence-electron chi connectivity index (χ4n) is 4.32. The minimum Gasteiger partial charge on any atom is -0.493 e. The third-order valence-electron chi connectivity index (χ3n) is 6.08. The van der Waals surface area contributed by atoms with Gasteiger partial charge < -0.3 is 14.8 Å². The molecule has 1 aromatic carbocycles. The van der Waals surface area contributed by atoms with Crippen LogP contribution in [0.2, 0.25) is 0 Å². The molecular formula is C24H31N3O3S. The van der Waals surface area contributed by atoms with Crippen LogP contribution in [0.15, 0.2) is 29.3 Å². The van der Waals surface area contributed by atoms with Crippen LogP contribution in [-0.2, 0) is 25.8 Å². The third kappa shape index (κ3) is 4.62. The van der Waals surface area contributed by atoms with E-state index < -0.39 is 0 Å². The van der Waals surface area contributed by atoms with Gasteiger partial charge in [-0.1, -0.05) is 19.4 Å². The van der Waals surface area contributed by atoms with E-state index in [9.17, 15) is 4.79 Å². The molecule has 0 aliphatic heterocycles. The smallest absolute Gasteiger partial charge is 0.262 e. The van der Waals surface area contributed by atoms with Gasteiger partial charge in [0.15, 0.2) is 11.5 Å². The molecule has 31 heavy (non-hydrogen) atoms. The van der Waals surface area contributed by atoms with Crippen LogP contribution in [0.3, 0.4) is 0 Å². The zero-order chi connectivity index (χ0) is 21.8. The summed E-state index contributed by atoms with van der Waals surface area (Å²) in [6.07, 6.45) is 7.69. The molecule has 1 unspecified atom stereocenters. The Labute approximate surface area is 187 Å². The molecule has 7 heteroatoms. The monoisotopic (exact) mass is 441 g/mol. The number of benzene rings is 1. The van der Waals surface area contributed by atoms with Gasteiger partial charge >= 0.3 is 0 Å². The maximum atomic E-state index is 13.0. The van der Waals surface area contributed by atoms with Gasteiger partial charge in [-0.2, -0.15) is 0 Å². The molecule has 0 bridgehead atoms. The lowest BCUT2D eigenvalue weighted by molar-refractivity contribution is 0.354. The summed E-state index contributed by atoms with van der Waals surface area (Å²) >= 11 is 1.69. The van der Waals surface area contributed by atoms with Crippen molar-refractivity contribution in [2.45, 2.75) is 58.0 Å². The topological polar surface area (TPSA) is 65.4 Å². The van der Waals surface area contributed by atoms with Crippen LogP contribution in [0, 0.1) is 0 Å². The second-order valence-corrected chi connectivity index (χ2v) is 9.20. The maximum Gasteiger partial charge on any atom is 0.262 e. The van der Waals surface area contributed by atoms with Crippen LogP contribution >= 0.6 is 11.3 Å². The number of aromatic nitrogens is 2. The van der Waals surface area contributed by atoms with Crippen LogP contribution < -0.4 is 20.3 Å². The molecule has 0 amide bonds. The molecule has 2 heterocycles. The molecule has 0 spiro atoms. The van der Waals surface area contributed by atoms with Gasteiger partial charge in [-0.25, -0.2) is 4.98 Å². The number of methoxy groups -OCH3 is 2. The average Bonchev–Trinajstić information content (AvgIpc) is 3.17. The summed E-state index contributed by atoms with van der Waals surface area (Å²) in [6.45, 7) is 3.80. The van der Waals surface area contributed by atoms with Crippen molar-refractivity contribution in [2.24, 2.45) is 0 Å². The first-order chi connectivity index (χ1) is 15.1. The van der Waals surface area contributed by atoms with Crippen molar-refractivity contribution < 1.29 is 9.47 Å². The zero-order valence-electron chi connectivity index (χ0n) is 18.6. The molecular weight excluding hydrogens is 410 g/mol. The molecule has 1 N–H and O–H groups in total. The predicted molar refractivity (Wildman–Crippen MR) is 126 cm³/mol. The Hall–Kier alpha value is -2.38. The molecule has 1 aliphatic rings. The van der Waals surface area contributed by atoms with Gasteiger partial charge in [-0.3, -0.25) is 9.36 Å². The van der Waals surface area contributed by atoms with E-state index in [-0.39, 0.29) is 5.56 Å². The fraction of sp³-hybridized carbons (Fsp3) is 0.500. The number of ether oxygens (including phenoxy) is 2. The Bertz CT molecular complexity index is 1110. The number of aryl methyl sites for hydroxylation is 2. The molecule has 3 aromatic rings. The largest absolute Gasteiger partial charge is 0.493 e. The highest BCUT2D eigenvalue weighted by Crippen LogP contribution is 2.33. The first-order valence-corrected chi connectivity index (χ1v) is 11.9. The Kier molecular flexibility index (Phi) is 6.92. The van der Waals surface area contributed by atoms with Crippen LogP contribution in [-0.4, -0.2) is 36.4 Å². The number of hydrogen-bond acceptors (Lipinski definition) is 6. The second-order valence-electron chi connectivity index (χ2n) is 8.11. The number of fused-ring (bicyclic) bond motifs is 3. The van der Waals surface area contributed by atoms with E-state index in [2.05, 4.69) is 23.3 Å². The van der Waals surface area contributed by atoms with Crippen molar-refractivity contribution in [3.8, 4) is 11.5 Å². The summed E-state index contributed by atoms with van der Waals surface area (Å²) in [5.74, 6) is 1.52. The Balaban J connectivity index is 1.41. The summed E-state index contributed by atoms with van der Waals surface area (Å²) in [7, 11) is 3.32. The lowest BCUT2D eigenvalue weighted by Crippen LogP contribution is -2.35. The molecule has 0 saturated carbocycles. The van der Waals surface area contributed by atoms with E-state index in [0.717, 1.165) is 73.3 Å². The lowest BCUT2D eigenvalue weighted by Gasteiger charge is -2.23. The Morgan fingerprint density at radius 1 is 1.26 bits per heavy atom. The molecule has 6 nitrogen and oxygen atoms in total. The highest BCUT2D eigenvalue weighted by atomic mass is 32.1. The van der Waals surface area contributed by atoms with Crippen LogP contribution in [0.25, 0.3) is 10.2 Å². The zero-order valence-corrected chi connectivity index (χ0v) is 19.4. The molecule has 166 valence electrons. The molecule has 1 aliphatic carbocycles.